The van der Waals surface area contributed by atoms with Crippen LogP contribution in [0.4, 0.5) is 11.5 Å². The number of nitrogens with one attached hydrogen (secondary N) is 1. The molecule has 98 valence electrons. The number of carbonyl (C=O) groups excluding carboxylic acids is 1. The Balaban J connectivity index is 2.24. The van der Waals surface area contributed by atoms with Crippen LogP contribution < -0.4 is 11.1 Å². The Hall–Kier alpha value is -2.43. The molecule has 2 aromatic rings. The first-order valence-corrected chi connectivity index (χ1v) is 6.05. The number of nitrogen functional groups attached to an aromatic ring is 1. The van der Waals surface area contributed by atoms with Crippen LogP contribution in [0.15, 0.2) is 36.7 Å². The van der Waals surface area contributed by atoms with Gasteiger partial charge < -0.3 is 11.1 Å². The van der Waals surface area contributed by atoms with E-state index in [1.807, 2.05) is 24.3 Å². The van der Waals surface area contributed by atoms with Crippen LogP contribution in [0.5, 0.6) is 0 Å². The Morgan fingerprint density at radius 1 is 1.26 bits per heavy atom. The summed E-state index contributed by atoms with van der Waals surface area (Å²) in [6.45, 7) is 4.15. The molecular weight excluding hydrogens is 240 g/mol. The van der Waals surface area contributed by atoms with Crippen molar-refractivity contribution in [2.45, 2.75) is 19.8 Å². The number of hydrogen-bond donors (Lipinski definition) is 2. The lowest BCUT2D eigenvalue weighted by Gasteiger charge is -2.13. The summed E-state index contributed by atoms with van der Waals surface area (Å²) in [6.07, 6.45) is 2.79. The summed E-state index contributed by atoms with van der Waals surface area (Å²) in [6, 6.07) is 7.69. The van der Waals surface area contributed by atoms with Gasteiger partial charge in [-0.15, -0.1) is 0 Å². The summed E-state index contributed by atoms with van der Waals surface area (Å²) in [5, 5.41) is 2.84. The minimum atomic E-state index is -0.312. The van der Waals surface area contributed by atoms with Crippen LogP contribution >= 0.6 is 0 Å². The van der Waals surface area contributed by atoms with Gasteiger partial charge in [0.2, 0.25) is 0 Å². The van der Waals surface area contributed by atoms with Crippen LogP contribution in [0.3, 0.4) is 0 Å². The monoisotopic (exact) mass is 256 g/mol. The van der Waals surface area contributed by atoms with E-state index in [0.717, 1.165) is 11.3 Å². The minimum Gasteiger partial charge on any atom is -0.382 e. The van der Waals surface area contributed by atoms with Gasteiger partial charge in [0.05, 0.1) is 12.4 Å². The zero-order valence-corrected chi connectivity index (χ0v) is 10.9. The van der Waals surface area contributed by atoms with Crippen molar-refractivity contribution < 1.29 is 4.79 Å². The molecule has 5 heteroatoms. The molecule has 0 aliphatic rings. The summed E-state index contributed by atoms with van der Waals surface area (Å²) in [5.74, 6) is 0.237. The van der Waals surface area contributed by atoms with E-state index in [1.54, 1.807) is 0 Å². The molecule has 1 heterocycles. The Morgan fingerprint density at radius 3 is 2.68 bits per heavy atom. The topological polar surface area (TPSA) is 80.9 Å². The molecule has 0 fully saturated rings. The number of amides is 1. The molecule has 19 heavy (non-hydrogen) atoms. The van der Waals surface area contributed by atoms with Crippen molar-refractivity contribution in [3.8, 4) is 0 Å². The van der Waals surface area contributed by atoms with Gasteiger partial charge in [0.25, 0.3) is 5.91 Å². The SMILES string of the molecule is CC(C)c1ccccc1NC(=O)c1cncc(N)n1. The molecule has 0 aliphatic carbocycles. The highest BCUT2D eigenvalue weighted by Gasteiger charge is 2.12. The molecule has 1 aromatic carbocycles. The van der Waals surface area contributed by atoms with Crippen molar-refractivity contribution in [3.05, 3.63) is 47.9 Å². The number of aromatic nitrogens is 2. The predicted molar refractivity (Wildman–Crippen MR) is 74.9 cm³/mol. The van der Waals surface area contributed by atoms with Gasteiger partial charge in [-0.3, -0.25) is 9.78 Å². The van der Waals surface area contributed by atoms with Crippen molar-refractivity contribution in [2.24, 2.45) is 0 Å². The molecule has 1 aromatic heterocycles. The number of nitrogens with zero attached hydrogens (tertiary/aromatic N) is 2. The Bertz CT molecular complexity index is 596. The lowest BCUT2D eigenvalue weighted by Crippen LogP contribution is -2.16. The maximum absolute atomic E-state index is 12.1. The fourth-order valence-corrected chi connectivity index (χ4v) is 1.79. The van der Waals surface area contributed by atoms with Crippen molar-refractivity contribution in [1.29, 1.82) is 0 Å². The molecule has 0 atom stereocenters. The van der Waals surface area contributed by atoms with Gasteiger partial charge in [-0.1, -0.05) is 32.0 Å². The third-order valence-corrected chi connectivity index (χ3v) is 2.72. The van der Waals surface area contributed by atoms with E-state index in [9.17, 15) is 4.79 Å². The van der Waals surface area contributed by atoms with Crippen LogP contribution in [0.1, 0.15) is 35.8 Å². The molecule has 0 unspecified atom stereocenters. The maximum atomic E-state index is 12.1. The highest BCUT2D eigenvalue weighted by Crippen LogP contribution is 2.23. The van der Waals surface area contributed by atoms with E-state index < -0.39 is 0 Å². The summed E-state index contributed by atoms with van der Waals surface area (Å²) in [7, 11) is 0. The highest BCUT2D eigenvalue weighted by molar-refractivity contribution is 6.03. The van der Waals surface area contributed by atoms with Crippen LogP contribution in [0.2, 0.25) is 0 Å². The molecule has 1 amide bonds. The molecule has 0 aliphatic heterocycles. The molecule has 0 bridgehead atoms. The number of carbonyl (C=O) groups is 1. The van der Waals surface area contributed by atoms with Crippen molar-refractivity contribution in [1.82, 2.24) is 9.97 Å². The second-order valence-electron chi connectivity index (χ2n) is 4.53. The number of nitrogens with two attached hydrogens (primary N) is 1. The summed E-state index contributed by atoms with van der Waals surface area (Å²) >= 11 is 0. The van der Waals surface area contributed by atoms with Gasteiger partial charge in [0, 0.05) is 5.69 Å². The molecule has 5 nitrogen and oxygen atoms in total. The van der Waals surface area contributed by atoms with Gasteiger partial charge in [0.15, 0.2) is 0 Å². The smallest absolute Gasteiger partial charge is 0.275 e. The standard InChI is InChI=1S/C14H16N4O/c1-9(2)10-5-3-4-6-11(10)18-14(19)12-7-16-8-13(15)17-12/h3-9H,1-2H3,(H2,15,17)(H,18,19). The molecule has 0 saturated carbocycles. The van der Waals surface area contributed by atoms with E-state index in [-0.39, 0.29) is 17.4 Å². The van der Waals surface area contributed by atoms with Gasteiger partial charge in [-0.05, 0) is 17.5 Å². The quantitative estimate of drug-likeness (QED) is 0.883. The Morgan fingerprint density at radius 2 is 2.00 bits per heavy atom. The number of hydrogen-bond acceptors (Lipinski definition) is 4. The van der Waals surface area contributed by atoms with E-state index in [4.69, 9.17) is 5.73 Å². The zero-order chi connectivity index (χ0) is 13.8. The molecule has 0 spiro atoms. The first-order chi connectivity index (χ1) is 9.08. The minimum absolute atomic E-state index is 0.207. The molecule has 0 saturated heterocycles. The van der Waals surface area contributed by atoms with Gasteiger partial charge >= 0.3 is 0 Å². The molecular formula is C14H16N4O. The highest BCUT2D eigenvalue weighted by atomic mass is 16.1. The van der Waals surface area contributed by atoms with E-state index in [2.05, 4.69) is 29.1 Å². The lowest BCUT2D eigenvalue weighted by molar-refractivity contribution is 0.102. The summed E-state index contributed by atoms with van der Waals surface area (Å²) in [5.41, 5.74) is 7.58. The fraction of sp³-hybridized carbons (Fsp3) is 0.214. The van der Waals surface area contributed by atoms with Crippen LogP contribution in [-0.2, 0) is 0 Å². The van der Waals surface area contributed by atoms with Crippen molar-refractivity contribution in [2.75, 3.05) is 11.1 Å². The number of para-hydroxylation sites is 1. The first-order valence-electron chi connectivity index (χ1n) is 6.05. The third-order valence-electron chi connectivity index (χ3n) is 2.72. The molecule has 0 radical (unpaired) electrons. The zero-order valence-electron chi connectivity index (χ0n) is 10.9. The molecule has 3 N–H and O–H groups in total. The average Bonchev–Trinajstić information content (AvgIpc) is 2.39. The number of rotatable bonds is 3. The van der Waals surface area contributed by atoms with Crippen LogP contribution in [-0.4, -0.2) is 15.9 Å². The van der Waals surface area contributed by atoms with Crippen LogP contribution in [0.25, 0.3) is 0 Å². The first kappa shape index (κ1) is 13.0. The van der Waals surface area contributed by atoms with E-state index >= 15 is 0 Å². The van der Waals surface area contributed by atoms with Crippen molar-refractivity contribution >= 4 is 17.4 Å². The average molecular weight is 256 g/mol. The lowest BCUT2D eigenvalue weighted by atomic mass is 10.0. The summed E-state index contributed by atoms with van der Waals surface area (Å²) < 4.78 is 0. The molecule has 2 rings (SSSR count). The van der Waals surface area contributed by atoms with Gasteiger partial charge in [0.1, 0.15) is 11.5 Å². The predicted octanol–water partition coefficient (Wildman–Crippen LogP) is 2.43. The Kier molecular flexibility index (Phi) is 3.75. The largest absolute Gasteiger partial charge is 0.382 e. The maximum Gasteiger partial charge on any atom is 0.275 e. The fourth-order valence-electron chi connectivity index (χ4n) is 1.79. The number of anilines is 2. The Labute approximate surface area is 111 Å². The second kappa shape index (κ2) is 5.48. The van der Waals surface area contributed by atoms with Gasteiger partial charge in [-0.25, -0.2) is 4.98 Å². The third kappa shape index (κ3) is 3.07. The van der Waals surface area contributed by atoms with Gasteiger partial charge in [-0.2, -0.15) is 0 Å². The van der Waals surface area contributed by atoms with E-state index in [0.29, 0.717) is 5.92 Å². The van der Waals surface area contributed by atoms with Crippen LogP contribution in [0, 0.1) is 0 Å². The number of benzene rings is 1. The van der Waals surface area contributed by atoms with Crippen molar-refractivity contribution in [3.63, 3.8) is 0 Å². The summed E-state index contributed by atoms with van der Waals surface area (Å²) in [4.78, 5) is 19.9. The van der Waals surface area contributed by atoms with E-state index in [1.165, 1.54) is 12.4 Å². The second-order valence-corrected chi connectivity index (χ2v) is 4.53. The normalized spacial score (nSPS) is 10.5.